The number of hydrogen-bond donors (Lipinski definition) is 2. The summed E-state index contributed by atoms with van der Waals surface area (Å²) in [5.41, 5.74) is 0.0336. The van der Waals surface area contributed by atoms with Crippen LogP contribution in [0.5, 0.6) is 0 Å². The van der Waals surface area contributed by atoms with Crippen LogP contribution in [0, 0.1) is 0 Å². The molecule has 1 aliphatic heterocycles. The predicted molar refractivity (Wildman–Crippen MR) is 75.8 cm³/mol. The standard InChI is InChI=1S/C14H25N3O2/c1-7-14(6)11(18)17(12(19)16-14)9-10(2)8-15-13(3,4)5/h15H,2,7-9H2,1,3-6H3,(H,16,19). The third-order valence-corrected chi connectivity index (χ3v) is 3.30. The van der Waals surface area contributed by atoms with Crippen LogP contribution in [0.15, 0.2) is 12.2 Å². The zero-order valence-corrected chi connectivity index (χ0v) is 12.6. The van der Waals surface area contributed by atoms with Gasteiger partial charge in [0, 0.05) is 12.1 Å². The molecule has 0 aromatic rings. The van der Waals surface area contributed by atoms with E-state index in [1.807, 2.05) is 6.92 Å². The van der Waals surface area contributed by atoms with Crippen molar-refractivity contribution in [1.29, 1.82) is 0 Å². The number of hydrogen-bond acceptors (Lipinski definition) is 3. The van der Waals surface area contributed by atoms with E-state index in [1.54, 1.807) is 6.92 Å². The third-order valence-electron chi connectivity index (χ3n) is 3.30. The second kappa shape index (κ2) is 5.33. The Morgan fingerprint density at radius 3 is 2.42 bits per heavy atom. The fraction of sp³-hybridized carbons (Fsp3) is 0.714. The highest BCUT2D eigenvalue weighted by atomic mass is 16.2. The smallest absolute Gasteiger partial charge is 0.323 e. The van der Waals surface area contributed by atoms with E-state index in [9.17, 15) is 9.59 Å². The van der Waals surface area contributed by atoms with Crippen LogP contribution in [-0.2, 0) is 4.79 Å². The fourth-order valence-electron chi connectivity index (χ4n) is 1.80. The molecule has 0 radical (unpaired) electrons. The van der Waals surface area contributed by atoms with Crippen LogP contribution in [0.25, 0.3) is 0 Å². The Morgan fingerprint density at radius 1 is 1.42 bits per heavy atom. The maximum absolute atomic E-state index is 12.2. The van der Waals surface area contributed by atoms with E-state index in [0.717, 1.165) is 5.57 Å². The molecule has 0 aromatic heterocycles. The molecule has 0 aliphatic carbocycles. The Hall–Kier alpha value is -1.36. The summed E-state index contributed by atoms with van der Waals surface area (Å²) < 4.78 is 0. The van der Waals surface area contributed by atoms with Gasteiger partial charge in [0.1, 0.15) is 5.54 Å². The molecule has 0 saturated carbocycles. The Labute approximate surface area is 115 Å². The van der Waals surface area contributed by atoms with Crippen LogP contribution in [0.1, 0.15) is 41.0 Å². The topological polar surface area (TPSA) is 61.4 Å². The van der Waals surface area contributed by atoms with Gasteiger partial charge in [-0.15, -0.1) is 0 Å². The zero-order valence-electron chi connectivity index (χ0n) is 12.6. The van der Waals surface area contributed by atoms with Crippen molar-refractivity contribution in [3.05, 3.63) is 12.2 Å². The number of carbonyl (C=O) groups is 2. The molecule has 0 bridgehead atoms. The van der Waals surface area contributed by atoms with Gasteiger partial charge in [0.2, 0.25) is 0 Å². The lowest BCUT2D eigenvalue weighted by atomic mass is 9.99. The Kier molecular flexibility index (Phi) is 4.40. The lowest BCUT2D eigenvalue weighted by Gasteiger charge is -2.23. The van der Waals surface area contributed by atoms with Crippen molar-refractivity contribution in [1.82, 2.24) is 15.5 Å². The SMILES string of the molecule is C=C(CNC(C)(C)C)CN1C(=O)NC(C)(CC)C1=O. The Bertz CT molecular complexity index is 398. The number of amides is 3. The van der Waals surface area contributed by atoms with Crippen molar-refractivity contribution in [3.63, 3.8) is 0 Å². The Balaban J connectivity index is 2.60. The number of nitrogens with zero attached hydrogens (tertiary/aromatic N) is 1. The van der Waals surface area contributed by atoms with Crippen molar-refractivity contribution in [2.45, 2.75) is 52.1 Å². The van der Waals surface area contributed by atoms with Crippen LogP contribution >= 0.6 is 0 Å². The lowest BCUT2D eigenvalue weighted by molar-refractivity contribution is -0.130. The van der Waals surface area contributed by atoms with Gasteiger partial charge in [0.05, 0.1) is 6.54 Å². The average Bonchev–Trinajstić information content (AvgIpc) is 2.50. The van der Waals surface area contributed by atoms with E-state index in [2.05, 4.69) is 38.0 Å². The first kappa shape index (κ1) is 15.7. The average molecular weight is 267 g/mol. The van der Waals surface area contributed by atoms with Gasteiger partial charge in [-0.05, 0) is 39.7 Å². The van der Waals surface area contributed by atoms with E-state index < -0.39 is 5.54 Å². The molecule has 2 N–H and O–H groups in total. The molecule has 108 valence electrons. The van der Waals surface area contributed by atoms with Gasteiger partial charge in [-0.1, -0.05) is 13.5 Å². The summed E-state index contributed by atoms with van der Waals surface area (Å²) in [6.07, 6.45) is 0.584. The summed E-state index contributed by atoms with van der Waals surface area (Å²) in [6, 6.07) is -0.328. The molecule has 0 spiro atoms. The normalized spacial score (nSPS) is 23.7. The maximum Gasteiger partial charge on any atom is 0.325 e. The number of rotatable bonds is 5. The molecular formula is C14H25N3O2. The van der Waals surface area contributed by atoms with E-state index in [-0.39, 0.29) is 24.0 Å². The molecule has 1 atom stereocenters. The van der Waals surface area contributed by atoms with Gasteiger partial charge < -0.3 is 10.6 Å². The third kappa shape index (κ3) is 3.80. The highest BCUT2D eigenvalue weighted by Crippen LogP contribution is 2.21. The lowest BCUT2D eigenvalue weighted by Crippen LogP contribution is -2.43. The van der Waals surface area contributed by atoms with Crippen LogP contribution in [0.2, 0.25) is 0 Å². The summed E-state index contributed by atoms with van der Waals surface area (Å²) >= 11 is 0. The monoisotopic (exact) mass is 267 g/mol. The number of nitrogens with one attached hydrogen (secondary N) is 2. The predicted octanol–water partition coefficient (Wildman–Crippen LogP) is 1.65. The maximum atomic E-state index is 12.2. The quantitative estimate of drug-likeness (QED) is 0.588. The van der Waals surface area contributed by atoms with Crippen LogP contribution < -0.4 is 10.6 Å². The van der Waals surface area contributed by atoms with Gasteiger partial charge in [-0.3, -0.25) is 9.69 Å². The molecule has 19 heavy (non-hydrogen) atoms. The summed E-state index contributed by atoms with van der Waals surface area (Å²) in [6.45, 7) is 14.6. The van der Waals surface area contributed by atoms with Crippen molar-refractivity contribution in [2.24, 2.45) is 0 Å². The van der Waals surface area contributed by atoms with E-state index in [0.29, 0.717) is 13.0 Å². The minimum atomic E-state index is -0.769. The summed E-state index contributed by atoms with van der Waals surface area (Å²) in [7, 11) is 0. The molecule has 1 heterocycles. The van der Waals surface area contributed by atoms with Crippen molar-refractivity contribution < 1.29 is 9.59 Å². The largest absolute Gasteiger partial charge is 0.325 e. The number of urea groups is 1. The zero-order chi connectivity index (χ0) is 14.8. The van der Waals surface area contributed by atoms with E-state index in [4.69, 9.17) is 0 Å². The van der Waals surface area contributed by atoms with Gasteiger partial charge in [0.25, 0.3) is 5.91 Å². The first-order valence-corrected chi connectivity index (χ1v) is 6.65. The molecule has 1 saturated heterocycles. The molecule has 1 fully saturated rings. The first-order chi connectivity index (χ1) is 8.59. The molecule has 5 heteroatoms. The van der Waals surface area contributed by atoms with E-state index in [1.165, 1.54) is 4.90 Å². The van der Waals surface area contributed by atoms with E-state index >= 15 is 0 Å². The van der Waals surface area contributed by atoms with Crippen LogP contribution in [-0.4, -0.2) is 41.0 Å². The van der Waals surface area contributed by atoms with Crippen molar-refractivity contribution >= 4 is 11.9 Å². The summed E-state index contributed by atoms with van der Waals surface area (Å²) in [5.74, 6) is -0.170. The minimum absolute atomic E-state index is 0.0157. The minimum Gasteiger partial charge on any atom is -0.323 e. The second-order valence-corrected chi connectivity index (χ2v) is 6.36. The van der Waals surface area contributed by atoms with Crippen molar-refractivity contribution in [3.8, 4) is 0 Å². The second-order valence-electron chi connectivity index (χ2n) is 6.36. The summed E-state index contributed by atoms with van der Waals surface area (Å²) in [5, 5.41) is 6.02. The molecule has 0 aromatic carbocycles. The highest BCUT2D eigenvalue weighted by Gasteiger charge is 2.46. The molecule has 5 nitrogen and oxygen atoms in total. The van der Waals surface area contributed by atoms with Crippen LogP contribution in [0.3, 0.4) is 0 Å². The fourth-order valence-corrected chi connectivity index (χ4v) is 1.80. The Morgan fingerprint density at radius 2 is 2.00 bits per heavy atom. The first-order valence-electron chi connectivity index (χ1n) is 6.65. The van der Waals surface area contributed by atoms with Crippen LogP contribution in [0.4, 0.5) is 4.79 Å². The van der Waals surface area contributed by atoms with Gasteiger partial charge in [-0.25, -0.2) is 4.79 Å². The van der Waals surface area contributed by atoms with Crippen molar-refractivity contribution in [2.75, 3.05) is 13.1 Å². The molecule has 1 rings (SSSR count). The molecular weight excluding hydrogens is 242 g/mol. The molecule has 3 amide bonds. The highest BCUT2D eigenvalue weighted by molar-refractivity contribution is 6.06. The molecule has 1 aliphatic rings. The molecule has 1 unspecified atom stereocenters. The van der Waals surface area contributed by atoms with Gasteiger partial charge in [-0.2, -0.15) is 0 Å². The van der Waals surface area contributed by atoms with Gasteiger partial charge in [0.15, 0.2) is 0 Å². The number of imide groups is 1. The summed E-state index contributed by atoms with van der Waals surface area (Å²) in [4.78, 5) is 25.3. The van der Waals surface area contributed by atoms with Gasteiger partial charge >= 0.3 is 6.03 Å². The number of carbonyl (C=O) groups excluding carboxylic acids is 2.